The molecule has 0 saturated heterocycles. The van der Waals surface area contributed by atoms with Crippen LogP contribution in [0.15, 0.2) is 18.7 Å². The molecule has 0 bridgehead atoms. The third kappa shape index (κ3) is 3.68. The van der Waals surface area contributed by atoms with Crippen LogP contribution in [0.2, 0.25) is 10.0 Å². The Morgan fingerprint density at radius 1 is 1.12 bits per heavy atom. The van der Waals surface area contributed by atoms with Gasteiger partial charge in [0.15, 0.2) is 17.3 Å². The first-order chi connectivity index (χ1) is 12.0. The van der Waals surface area contributed by atoms with Crippen molar-refractivity contribution in [3.05, 3.63) is 40.2 Å². The van der Waals surface area contributed by atoms with E-state index >= 15 is 0 Å². The Hall–Kier alpha value is -1.96. The van der Waals surface area contributed by atoms with E-state index in [-0.39, 0.29) is 0 Å². The maximum atomic E-state index is 6.23. The maximum Gasteiger partial charge on any atom is 0.166 e. The van der Waals surface area contributed by atoms with Crippen LogP contribution in [0.3, 0.4) is 0 Å². The summed E-state index contributed by atoms with van der Waals surface area (Å²) >= 11 is 12.5. The fourth-order valence-corrected chi connectivity index (χ4v) is 3.08. The van der Waals surface area contributed by atoms with Crippen molar-refractivity contribution in [2.75, 3.05) is 18.8 Å². The van der Waals surface area contributed by atoms with Crippen molar-refractivity contribution in [2.45, 2.75) is 26.9 Å². The highest BCUT2D eigenvalue weighted by Gasteiger charge is 2.20. The third-order valence-electron chi connectivity index (χ3n) is 4.08. The molecule has 2 aliphatic heterocycles. The zero-order chi connectivity index (χ0) is 18.0. The average molecular weight is 380 g/mol. The summed E-state index contributed by atoms with van der Waals surface area (Å²) in [6, 6.07) is 0. The van der Waals surface area contributed by atoms with Crippen molar-refractivity contribution in [3.63, 3.8) is 0 Å². The number of nitrogens with zero attached hydrogens (tertiary/aromatic N) is 6. The Balaban J connectivity index is 1.99. The molecule has 0 amide bonds. The van der Waals surface area contributed by atoms with Gasteiger partial charge in [0.25, 0.3) is 0 Å². The summed E-state index contributed by atoms with van der Waals surface area (Å²) in [5.41, 5.74) is 7.33. The molecule has 0 saturated carbocycles. The molecule has 0 fully saturated rings. The maximum absolute atomic E-state index is 6.23. The zero-order valence-electron chi connectivity index (χ0n) is 14.1. The molecule has 25 heavy (non-hydrogen) atoms. The Bertz CT molecular complexity index is 824. The number of hydrogen-bond donors (Lipinski definition) is 1. The SMILES string of the molecule is CCN(CC)Cc1nc2c(N)ncn(Cc3c(Cl)cncc3Cl)c-2n1. The molecule has 9 heteroatoms. The topological polar surface area (TPSA) is 85.8 Å². The van der Waals surface area contributed by atoms with E-state index in [9.17, 15) is 0 Å². The summed E-state index contributed by atoms with van der Waals surface area (Å²) in [6.45, 7) is 7.14. The van der Waals surface area contributed by atoms with E-state index in [1.165, 1.54) is 0 Å². The van der Waals surface area contributed by atoms with Crippen LogP contribution in [0.4, 0.5) is 5.82 Å². The molecular weight excluding hydrogens is 361 g/mol. The van der Waals surface area contributed by atoms with Crippen molar-refractivity contribution in [1.29, 1.82) is 0 Å². The van der Waals surface area contributed by atoms with Crippen molar-refractivity contribution in [1.82, 2.24) is 29.4 Å². The predicted molar refractivity (Wildman–Crippen MR) is 98.8 cm³/mol. The first-order valence-electron chi connectivity index (χ1n) is 8.00. The van der Waals surface area contributed by atoms with Gasteiger partial charge in [-0.3, -0.25) is 9.88 Å². The van der Waals surface area contributed by atoms with Gasteiger partial charge in [0, 0.05) is 18.0 Å². The number of aromatic nitrogens is 5. The number of nitrogens with two attached hydrogens (primary N) is 1. The smallest absolute Gasteiger partial charge is 0.166 e. The van der Waals surface area contributed by atoms with Crippen molar-refractivity contribution in [2.24, 2.45) is 0 Å². The fourth-order valence-electron chi connectivity index (χ4n) is 2.59. The normalized spacial score (nSPS) is 11.6. The molecule has 1 aromatic rings. The van der Waals surface area contributed by atoms with Crippen LogP contribution in [0, 0.1) is 0 Å². The molecule has 0 radical (unpaired) electrons. The summed E-state index contributed by atoms with van der Waals surface area (Å²) in [5.74, 6) is 1.74. The third-order valence-corrected chi connectivity index (χ3v) is 4.73. The van der Waals surface area contributed by atoms with E-state index < -0.39 is 0 Å². The number of fused-ring (bicyclic) bond motifs is 1. The molecule has 0 unspecified atom stereocenters. The molecular formula is C16H19Cl2N7. The summed E-state index contributed by atoms with van der Waals surface area (Å²) in [7, 11) is 0. The molecule has 0 aromatic carbocycles. The lowest BCUT2D eigenvalue weighted by atomic mass is 10.2. The van der Waals surface area contributed by atoms with Gasteiger partial charge >= 0.3 is 0 Å². The van der Waals surface area contributed by atoms with Gasteiger partial charge in [0.1, 0.15) is 5.82 Å². The fraction of sp³-hybridized carbons (Fsp3) is 0.375. The number of pyridine rings is 1. The number of imidazole rings is 1. The lowest BCUT2D eigenvalue weighted by molar-refractivity contribution is 0.289. The summed E-state index contributed by atoms with van der Waals surface area (Å²) < 4.78 is 1.84. The van der Waals surface area contributed by atoms with Gasteiger partial charge in [-0.1, -0.05) is 37.0 Å². The van der Waals surface area contributed by atoms with Gasteiger partial charge < -0.3 is 10.3 Å². The number of halogens is 2. The molecule has 0 aliphatic carbocycles. The van der Waals surface area contributed by atoms with Crippen molar-refractivity contribution in [3.8, 4) is 11.5 Å². The molecule has 2 N–H and O–H groups in total. The van der Waals surface area contributed by atoms with E-state index in [0.29, 0.717) is 40.5 Å². The minimum Gasteiger partial charge on any atom is -0.382 e. The molecule has 0 atom stereocenters. The number of nitrogen functional groups attached to an aromatic ring is 1. The van der Waals surface area contributed by atoms with Gasteiger partial charge in [-0.05, 0) is 13.1 Å². The van der Waals surface area contributed by atoms with E-state index in [4.69, 9.17) is 28.9 Å². The van der Waals surface area contributed by atoms with Gasteiger partial charge in [-0.25, -0.2) is 15.0 Å². The van der Waals surface area contributed by atoms with Crippen LogP contribution >= 0.6 is 23.2 Å². The molecule has 2 aliphatic rings. The first-order valence-corrected chi connectivity index (χ1v) is 8.76. The van der Waals surface area contributed by atoms with E-state index in [1.54, 1.807) is 18.7 Å². The van der Waals surface area contributed by atoms with Gasteiger partial charge in [-0.15, -0.1) is 0 Å². The second-order valence-electron chi connectivity index (χ2n) is 5.61. The number of hydrogen-bond acceptors (Lipinski definition) is 6. The number of rotatable bonds is 6. The van der Waals surface area contributed by atoms with Gasteiger partial charge in [-0.2, -0.15) is 0 Å². The lowest BCUT2D eigenvalue weighted by Crippen LogP contribution is -2.22. The largest absolute Gasteiger partial charge is 0.382 e. The highest BCUT2D eigenvalue weighted by Crippen LogP contribution is 2.28. The molecule has 132 valence electrons. The van der Waals surface area contributed by atoms with Crippen molar-refractivity contribution < 1.29 is 0 Å². The van der Waals surface area contributed by atoms with Crippen LogP contribution < -0.4 is 5.73 Å². The Kier molecular flexibility index (Phi) is 5.36. The Morgan fingerprint density at radius 2 is 1.80 bits per heavy atom. The average Bonchev–Trinajstić information content (AvgIpc) is 3.03. The van der Waals surface area contributed by atoms with Crippen LogP contribution in [-0.2, 0) is 13.1 Å². The molecule has 0 spiro atoms. The highest BCUT2D eigenvalue weighted by atomic mass is 35.5. The van der Waals surface area contributed by atoms with E-state index in [1.807, 2.05) is 4.57 Å². The van der Waals surface area contributed by atoms with Gasteiger partial charge in [0.05, 0.1) is 29.5 Å². The predicted octanol–water partition coefficient (Wildman–Crippen LogP) is 2.95. The van der Waals surface area contributed by atoms with Crippen LogP contribution in [0.5, 0.6) is 0 Å². The summed E-state index contributed by atoms with van der Waals surface area (Å²) in [5, 5.41) is 0.987. The van der Waals surface area contributed by atoms with Crippen LogP contribution in [-0.4, -0.2) is 42.5 Å². The molecule has 1 aromatic heterocycles. The Labute approximate surface area is 156 Å². The van der Waals surface area contributed by atoms with Crippen LogP contribution in [0.1, 0.15) is 25.2 Å². The van der Waals surface area contributed by atoms with Crippen molar-refractivity contribution >= 4 is 29.0 Å². The summed E-state index contributed by atoms with van der Waals surface area (Å²) in [6.07, 6.45) is 4.75. The highest BCUT2D eigenvalue weighted by molar-refractivity contribution is 6.35. The van der Waals surface area contributed by atoms with E-state index in [2.05, 4.69) is 38.7 Å². The molecule has 3 heterocycles. The van der Waals surface area contributed by atoms with E-state index in [0.717, 1.165) is 24.5 Å². The Morgan fingerprint density at radius 3 is 2.44 bits per heavy atom. The second-order valence-corrected chi connectivity index (χ2v) is 6.43. The quantitative estimate of drug-likeness (QED) is 0.708. The standard InChI is InChI=1S/C16H19Cl2N7/c1-3-24(4-2)8-13-22-14-15(19)21-9-25(16(14)23-13)7-10-11(17)5-20-6-12(10)18/h5-6,9H,3-4,7-8,19H2,1-2H3. The minimum atomic E-state index is 0.358. The lowest BCUT2D eigenvalue weighted by Gasteiger charge is -2.15. The van der Waals surface area contributed by atoms with Gasteiger partial charge in [0.2, 0.25) is 0 Å². The van der Waals surface area contributed by atoms with Crippen LogP contribution in [0.25, 0.3) is 11.5 Å². The second kappa shape index (κ2) is 7.51. The monoisotopic (exact) mass is 379 g/mol. The number of anilines is 1. The molecule has 3 rings (SSSR count). The minimum absolute atomic E-state index is 0.358. The first kappa shape index (κ1) is 17.8. The molecule has 7 nitrogen and oxygen atoms in total. The zero-order valence-corrected chi connectivity index (χ0v) is 15.6. The summed E-state index contributed by atoms with van der Waals surface area (Å²) in [4.78, 5) is 19.6.